The highest BCUT2D eigenvalue weighted by atomic mass is 16.4. The summed E-state index contributed by atoms with van der Waals surface area (Å²) in [6, 6.07) is 0.734. The van der Waals surface area contributed by atoms with Gasteiger partial charge in [0.2, 0.25) is 5.89 Å². The Labute approximate surface area is 103 Å². The summed E-state index contributed by atoms with van der Waals surface area (Å²) in [5.41, 5.74) is 5.71. The van der Waals surface area contributed by atoms with Crippen LogP contribution in [0.2, 0.25) is 0 Å². The molecule has 98 valence electrons. The number of nitrogens with zero attached hydrogens (tertiary/aromatic N) is 3. The van der Waals surface area contributed by atoms with Crippen molar-refractivity contribution in [2.45, 2.75) is 59.0 Å². The molecule has 0 aliphatic rings. The van der Waals surface area contributed by atoms with Crippen molar-refractivity contribution >= 4 is 6.01 Å². The SMILES string of the molecule is CCCCCN(c1nnc(C(C)N)o1)C(C)C. The average Bonchev–Trinajstić information content (AvgIpc) is 2.73. The molecular weight excluding hydrogens is 216 g/mol. The molecule has 1 aromatic heterocycles. The van der Waals surface area contributed by atoms with Crippen LogP contribution in [-0.4, -0.2) is 22.8 Å². The molecule has 1 atom stereocenters. The molecule has 0 saturated carbocycles. The molecule has 0 bridgehead atoms. The van der Waals surface area contributed by atoms with E-state index < -0.39 is 0 Å². The first kappa shape index (κ1) is 14.0. The monoisotopic (exact) mass is 240 g/mol. The third kappa shape index (κ3) is 4.00. The van der Waals surface area contributed by atoms with Gasteiger partial charge in [-0.15, -0.1) is 5.10 Å². The number of rotatable bonds is 7. The third-order valence-electron chi connectivity index (χ3n) is 2.69. The maximum absolute atomic E-state index is 5.71. The number of anilines is 1. The Kier molecular flexibility index (Phi) is 5.41. The van der Waals surface area contributed by atoms with Gasteiger partial charge in [-0.05, 0) is 27.2 Å². The van der Waals surface area contributed by atoms with Crippen LogP contribution in [-0.2, 0) is 0 Å². The zero-order chi connectivity index (χ0) is 12.8. The molecule has 0 aromatic carbocycles. The van der Waals surface area contributed by atoms with Crippen LogP contribution in [0.15, 0.2) is 4.42 Å². The highest BCUT2D eigenvalue weighted by Crippen LogP contribution is 2.18. The lowest BCUT2D eigenvalue weighted by atomic mass is 10.2. The van der Waals surface area contributed by atoms with Crippen LogP contribution in [0.4, 0.5) is 6.01 Å². The molecule has 1 unspecified atom stereocenters. The Bertz CT molecular complexity index is 322. The van der Waals surface area contributed by atoms with Gasteiger partial charge in [-0.3, -0.25) is 0 Å². The lowest BCUT2D eigenvalue weighted by molar-refractivity contribution is 0.444. The van der Waals surface area contributed by atoms with Crippen LogP contribution in [0.5, 0.6) is 0 Å². The number of unbranched alkanes of at least 4 members (excludes halogenated alkanes) is 2. The van der Waals surface area contributed by atoms with E-state index in [4.69, 9.17) is 10.2 Å². The Hall–Kier alpha value is -1.10. The summed E-state index contributed by atoms with van der Waals surface area (Å²) in [5, 5.41) is 8.03. The highest BCUT2D eigenvalue weighted by molar-refractivity contribution is 5.25. The van der Waals surface area contributed by atoms with Gasteiger partial charge in [-0.25, -0.2) is 0 Å². The molecule has 0 spiro atoms. The average molecular weight is 240 g/mol. The van der Waals surface area contributed by atoms with Gasteiger partial charge in [0.05, 0.1) is 6.04 Å². The van der Waals surface area contributed by atoms with E-state index >= 15 is 0 Å². The van der Waals surface area contributed by atoms with E-state index in [2.05, 4.69) is 35.9 Å². The maximum Gasteiger partial charge on any atom is 0.318 e. The normalized spacial score (nSPS) is 13.1. The first-order valence-corrected chi connectivity index (χ1v) is 6.41. The molecule has 0 amide bonds. The van der Waals surface area contributed by atoms with Crippen LogP contribution >= 0.6 is 0 Å². The number of nitrogens with two attached hydrogens (primary N) is 1. The summed E-state index contributed by atoms with van der Waals surface area (Å²) in [7, 11) is 0. The summed E-state index contributed by atoms with van der Waals surface area (Å²) in [6.45, 7) is 9.24. The summed E-state index contributed by atoms with van der Waals surface area (Å²) < 4.78 is 5.58. The molecule has 1 heterocycles. The van der Waals surface area contributed by atoms with Crippen molar-refractivity contribution in [2.24, 2.45) is 5.73 Å². The molecule has 1 rings (SSSR count). The molecular formula is C12H24N4O. The van der Waals surface area contributed by atoms with Crippen LogP contribution < -0.4 is 10.6 Å². The first-order chi connectivity index (χ1) is 8.06. The summed E-state index contributed by atoms with van der Waals surface area (Å²) >= 11 is 0. The Morgan fingerprint density at radius 1 is 1.24 bits per heavy atom. The second-order valence-electron chi connectivity index (χ2n) is 4.71. The van der Waals surface area contributed by atoms with Crippen molar-refractivity contribution in [2.75, 3.05) is 11.4 Å². The van der Waals surface area contributed by atoms with E-state index in [-0.39, 0.29) is 6.04 Å². The van der Waals surface area contributed by atoms with Gasteiger partial charge in [-0.1, -0.05) is 24.9 Å². The number of hydrogen-bond donors (Lipinski definition) is 1. The van der Waals surface area contributed by atoms with E-state index in [1.807, 2.05) is 6.92 Å². The molecule has 17 heavy (non-hydrogen) atoms. The van der Waals surface area contributed by atoms with Gasteiger partial charge < -0.3 is 15.1 Å². The second-order valence-corrected chi connectivity index (χ2v) is 4.71. The summed E-state index contributed by atoms with van der Waals surface area (Å²) in [6.07, 6.45) is 3.57. The van der Waals surface area contributed by atoms with E-state index in [9.17, 15) is 0 Å². The smallest absolute Gasteiger partial charge is 0.318 e. The van der Waals surface area contributed by atoms with E-state index in [1.165, 1.54) is 12.8 Å². The van der Waals surface area contributed by atoms with Crippen molar-refractivity contribution in [3.63, 3.8) is 0 Å². The summed E-state index contributed by atoms with van der Waals surface area (Å²) in [4.78, 5) is 2.13. The minimum Gasteiger partial charge on any atom is -0.406 e. The fourth-order valence-corrected chi connectivity index (χ4v) is 1.63. The van der Waals surface area contributed by atoms with Crippen molar-refractivity contribution in [1.82, 2.24) is 10.2 Å². The predicted molar refractivity (Wildman–Crippen MR) is 68.9 cm³/mol. The molecule has 0 aliphatic carbocycles. The Morgan fingerprint density at radius 2 is 1.94 bits per heavy atom. The minimum atomic E-state index is -0.207. The Balaban J connectivity index is 2.68. The van der Waals surface area contributed by atoms with Crippen molar-refractivity contribution in [3.05, 3.63) is 5.89 Å². The fourth-order valence-electron chi connectivity index (χ4n) is 1.63. The van der Waals surface area contributed by atoms with Gasteiger partial charge in [-0.2, -0.15) is 0 Å². The zero-order valence-corrected chi connectivity index (χ0v) is 11.3. The fraction of sp³-hybridized carbons (Fsp3) is 0.833. The van der Waals surface area contributed by atoms with E-state index in [1.54, 1.807) is 0 Å². The van der Waals surface area contributed by atoms with Crippen molar-refractivity contribution < 1.29 is 4.42 Å². The molecule has 0 fully saturated rings. The quantitative estimate of drug-likeness (QED) is 0.742. The van der Waals surface area contributed by atoms with Crippen molar-refractivity contribution in [3.8, 4) is 0 Å². The van der Waals surface area contributed by atoms with Crippen LogP contribution in [0.3, 0.4) is 0 Å². The predicted octanol–water partition coefficient (Wildman–Crippen LogP) is 2.49. The molecule has 0 saturated heterocycles. The topological polar surface area (TPSA) is 68.2 Å². The standard InChI is InChI=1S/C12H24N4O/c1-5-6-7-8-16(9(2)3)12-15-14-11(17-12)10(4)13/h9-10H,5-8,13H2,1-4H3. The molecule has 2 N–H and O–H groups in total. The van der Waals surface area contributed by atoms with Crippen LogP contribution in [0.1, 0.15) is 58.9 Å². The molecule has 1 aromatic rings. The molecule has 5 heteroatoms. The minimum absolute atomic E-state index is 0.207. The molecule has 0 aliphatic heterocycles. The molecule has 5 nitrogen and oxygen atoms in total. The first-order valence-electron chi connectivity index (χ1n) is 6.41. The van der Waals surface area contributed by atoms with E-state index in [0.29, 0.717) is 17.9 Å². The highest BCUT2D eigenvalue weighted by Gasteiger charge is 2.18. The lowest BCUT2D eigenvalue weighted by Gasteiger charge is -2.24. The van der Waals surface area contributed by atoms with Gasteiger partial charge in [0, 0.05) is 12.6 Å². The van der Waals surface area contributed by atoms with Gasteiger partial charge in [0.1, 0.15) is 0 Å². The zero-order valence-electron chi connectivity index (χ0n) is 11.3. The van der Waals surface area contributed by atoms with Crippen LogP contribution in [0, 0.1) is 0 Å². The maximum atomic E-state index is 5.71. The van der Waals surface area contributed by atoms with Crippen LogP contribution in [0.25, 0.3) is 0 Å². The summed E-state index contributed by atoms with van der Waals surface area (Å²) in [5.74, 6) is 0.501. The lowest BCUT2D eigenvalue weighted by Crippen LogP contribution is -2.32. The van der Waals surface area contributed by atoms with Gasteiger partial charge in [0.15, 0.2) is 0 Å². The van der Waals surface area contributed by atoms with E-state index in [0.717, 1.165) is 13.0 Å². The van der Waals surface area contributed by atoms with Gasteiger partial charge in [0.25, 0.3) is 0 Å². The number of aromatic nitrogens is 2. The van der Waals surface area contributed by atoms with Gasteiger partial charge >= 0.3 is 6.01 Å². The third-order valence-corrected chi connectivity index (χ3v) is 2.69. The Morgan fingerprint density at radius 3 is 2.41 bits per heavy atom. The number of hydrogen-bond acceptors (Lipinski definition) is 5. The second kappa shape index (κ2) is 6.59. The van der Waals surface area contributed by atoms with Crippen molar-refractivity contribution in [1.29, 1.82) is 0 Å². The largest absolute Gasteiger partial charge is 0.406 e. The molecule has 0 radical (unpaired) electrons.